The first-order valence-electron chi connectivity index (χ1n) is 9.45. The van der Waals surface area contributed by atoms with Crippen molar-refractivity contribution in [3.8, 4) is 5.69 Å². The predicted octanol–water partition coefficient (Wildman–Crippen LogP) is 3.33. The number of carbonyl (C=O) groups excluding carboxylic acids is 1. The summed E-state index contributed by atoms with van der Waals surface area (Å²) >= 11 is 0. The predicted molar refractivity (Wildman–Crippen MR) is 97.9 cm³/mol. The second-order valence-corrected chi connectivity index (χ2v) is 7.39. The Morgan fingerprint density at radius 3 is 2.47 bits per heavy atom. The molecule has 1 N–H and O–H groups in total. The van der Waals surface area contributed by atoms with E-state index >= 15 is 0 Å². The maximum atomic E-state index is 12.9. The Hall–Kier alpha value is -3.38. The molecular weight excluding hydrogens is 442 g/mol. The summed E-state index contributed by atoms with van der Waals surface area (Å²) in [6, 6.07) is 2.59. The van der Waals surface area contributed by atoms with Crippen LogP contribution in [0.2, 0.25) is 0 Å². The molecular formula is C19H16F6N6O. The zero-order chi connectivity index (χ0) is 23.3. The third kappa shape index (κ3) is 4.32. The number of nitrogens with one attached hydrogen (secondary N) is 1. The van der Waals surface area contributed by atoms with Crippen LogP contribution in [0.3, 0.4) is 0 Å². The lowest BCUT2D eigenvalue weighted by Gasteiger charge is -2.22. The van der Waals surface area contributed by atoms with Gasteiger partial charge in [0, 0.05) is 31.5 Å². The molecule has 32 heavy (non-hydrogen) atoms. The second-order valence-electron chi connectivity index (χ2n) is 7.39. The highest BCUT2D eigenvalue weighted by atomic mass is 19.4. The normalized spacial score (nSPS) is 16.7. The van der Waals surface area contributed by atoms with Gasteiger partial charge in [0.05, 0.1) is 11.4 Å². The minimum absolute atomic E-state index is 0.192. The molecule has 0 aromatic carbocycles. The topological polar surface area (TPSA) is 77.6 Å². The third-order valence-electron chi connectivity index (χ3n) is 5.11. The molecule has 3 aromatic heterocycles. The fraction of sp³-hybridized carbons (Fsp3) is 0.368. The van der Waals surface area contributed by atoms with Crippen LogP contribution in [-0.4, -0.2) is 36.5 Å². The lowest BCUT2D eigenvalue weighted by Crippen LogP contribution is -2.39. The summed E-state index contributed by atoms with van der Waals surface area (Å²) in [7, 11) is 1.25. The summed E-state index contributed by atoms with van der Waals surface area (Å²) < 4.78 is 79.4. The molecule has 0 bridgehead atoms. The summed E-state index contributed by atoms with van der Waals surface area (Å²) in [5.41, 5.74) is -0.822. The van der Waals surface area contributed by atoms with Gasteiger partial charge in [-0.15, -0.1) is 0 Å². The fourth-order valence-electron chi connectivity index (χ4n) is 3.55. The third-order valence-corrected chi connectivity index (χ3v) is 5.11. The molecule has 1 amide bonds. The van der Waals surface area contributed by atoms with Gasteiger partial charge in [-0.3, -0.25) is 14.5 Å². The lowest BCUT2D eigenvalue weighted by molar-refractivity contribution is -0.142. The van der Waals surface area contributed by atoms with Gasteiger partial charge in [0.25, 0.3) is 5.91 Å². The minimum atomic E-state index is -4.66. The molecule has 0 aliphatic heterocycles. The summed E-state index contributed by atoms with van der Waals surface area (Å²) in [6.45, 7) is 0. The van der Waals surface area contributed by atoms with Crippen LogP contribution in [-0.2, 0) is 32.2 Å². The summed E-state index contributed by atoms with van der Waals surface area (Å²) in [5.74, 6) is -0.694. The van der Waals surface area contributed by atoms with Crippen molar-refractivity contribution >= 4 is 5.91 Å². The van der Waals surface area contributed by atoms with Gasteiger partial charge >= 0.3 is 12.4 Å². The fourth-order valence-corrected chi connectivity index (χ4v) is 3.55. The highest BCUT2D eigenvalue weighted by Gasteiger charge is 2.36. The SMILES string of the molecule is Cn1nc(C(F)(F)F)cc1C(=O)N[C@@H]1CCc2nn(-c3ccnc(C(F)(F)F)c3)cc2C1. The molecule has 7 nitrogen and oxygen atoms in total. The number of carbonyl (C=O) groups is 1. The van der Waals surface area contributed by atoms with Crippen LogP contribution in [0.5, 0.6) is 0 Å². The molecule has 1 aliphatic carbocycles. The van der Waals surface area contributed by atoms with E-state index in [1.54, 1.807) is 6.20 Å². The van der Waals surface area contributed by atoms with Crippen molar-refractivity contribution in [3.05, 3.63) is 58.9 Å². The zero-order valence-corrected chi connectivity index (χ0v) is 16.5. The van der Waals surface area contributed by atoms with Gasteiger partial charge in [-0.2, -0.15) is 36.5 Å². The van der Waals surface area contributed by atoms with Gasteiger partial charge in [0.1, 0.15) is 11.4 Å². The average Bonchev–Trinajstić information content (AvgIpc) is 3.30. The van der Waals surface area contributed by atoms with Gasteiger partial charge in [0.15, 0.2) is 5.69 Å². The molecule has 0 fully saturated rings. The molecule has 170 valence electrons. The van der Waals surface area contributed by atoms with Crippen molar-refractivity contribution in [2.45, 2.75) is 37.7 Å². The number of hydrogen-bond acceptors (Lipinski definition) is 4. The Balaban J connectivity index is 1.49. The van der Waals surface area contributed by atoms with Crippen molar-refractivity contribution in [1.29, 1.82) is 0 Å². The highest BCUT2D eigenvalue weighted by Crippen LogP contribution is 2.30. The van der Waals surface area contributed by atoms with E-state index in [-0.39, 0.29) is 17.4 Å². The molecule has 13 heteroatoms. The number of halogens is 6. The maximum absolute atomic E-state index is 12.9. The zero-order valence-electron chi connectivity index (χ0n) is 16.5. The van der Waals surface area contributed by atoms with E-state index < -0.39 is 29.6 Å². The summed E-state index contributed by atoms with van der Waals surface area (Å²) in [4.78, 5) is 15.8. The van der Waals surface area contributed by atoms with Crippen molar-refractivity contribution in [1.82, 2.24) is 29.9 Å². The van der Waals surface area contributed by atoms with Gasteiger partial charge in [0.2, 0.25) is 0 Å². The Labute approximate surface area is 177 Å². The molecule has 1 atom stereocenters. The van der Waals surface area contributed by atoms with Crippen molar-refractivity contribution in [2.75, 3.05) is 0 Å². The minimum Gasteiger partial charge on any atom is -0.348 e. The van der Waals surface area contributed by atoms with Crippen LogP contribution in [0.4, 0.5) is 26.3 Å². The number of nitrogens with zero attached hydrogens (tertiary/aromatic N) is 5. The highest BCUT2D eigenvalue weighted by molar-refractivity contribution is 5.92. The van der Waals surface area contributed by atoms with E-state index in [9.17, 15) is 31.1 Å². The molecule has 0 saturated heterocycles. The standard InChI is InChI=1S/C19H16F6N6O/c1-30-14(8-16(29-30)19(23,24)25)17(32)27-11-2-3-13-10(6-11)9-31(28-13)12-4-5-26-15(7-12)18(20,21)22/h4-5,7-9,11H,2-3,6H2,1H3,(H,27,32)/t11-/m1/s1. The van der Waals surface area contributed by atoms with E-state index in [4.69, 9.17) is 0 Å². The van der Waals surface area contributed by atoms with Crippen molar-refractivity contribution < 1.29 is 31.1 Å². The molecule has 0 spiro atoms. The van der Waals surface area contributed by atoms with E-state index in [0.717, 1.165) is 22.5 Å². The van der Waals surface area contributed by atoms with E-state index in [0.29, 0.717) is 31.0 Å². The number of aromatic nitrogens is 5. The van der Waals surface area contributed by atoms with Crippen LogP contribution in [0.15, 0.2) is 30.6 Å². The van der Waals surface area contributed by atoms with Crippen molar-refractivity contribution in [3.63, 3.8) is 0 Å². The van der Waals surface area contributed by atoms with E-state index in [1.165, 1.54) is 17.8 Å². The Kier molecular flexibility index (Phi) is 5.21. The number of pyridine rings is 1. The first-order chi connectivity index (χ1) is 14.9. The molecule has 0 radical (unpaired) electrons. The summed E-state index contributed by atoms with van der Waals surface area (Å²) in [5, 5.41) is 10.4. The number of fused-ring (bicyclic) bond motifs is 1. The largest absolute Gasteiger partial charge is 0.435 e. The van der Waals surface area contributed by atoms with Gasteiger partial charge in [-0.1, -0.05) is 0 Å². The first kappa shape index (κ1) is 21.8. The average molecular weight is 458 g/mol. The van der Waals surface area contributed by atoms with Gasteiger partial charge in [-0.25, -0.2) is 4.68 Å². The summed E-state index contributed by atoms with van der Waals surface area (Å²) in [6.07, 6.45) is -5.37. The van der Waals surface area contributed by atoms with Crippen LogP contribution in [0, 0.1) is 0 Å². The number of hydrogen-bond donors (Lipinski definition) is 1. The molecule has 3 heterocycles. The van der Waals surface area contributed by atoms with Crippen molar-refractivity contribution in [2.24, 2.45) is 7.05 Å². The molecule has 3 aromatic rings. The maximum Gasteiger partial charge on any atom is 0.435 e. The quantitative estimate of drug-likeness (QED) is 0.611. The molecule has 0 unspecified atom stereocenters. The Morgan fingerprint density at radius 2 is 1.81 bits per heavy atom. The monoisotopic (exact) mass is 458 g/mol. The van der Waals surface area contributed by atoms with Gasteiger partial charge in [-0.05, 0) is 37.0 Å². The molecule has 0 saturated carbocycles. The van der Waals surface area contributed by atoms with Crippen LogP contribution in [0.25, 0.3) is 5.69 Å². The van der Waals surface area contributed by atoms with Crippen LogP contribution < -0.4 is 5.32 Å². The number of alkyl halides is 6. The van der Waals surface area contributed by atoms with Crippen LogP contribution >= 0.6 is 0 Å². The number of amides is 1. The second kappa shape index (κ2) is 7.64. The van der Waals surface area contributed by atoms with Gasteiger partial charge < -0.3 is 5.32 Å². The number of rotatable bonds is 3. The Morgan fingerprint density at radius 1 is 1.09 bits per heavy atom. The molecule has 1 aliphatic rings. The lowest BCUT2D eigenvalue weighted by atomic mass is 9.93. The number of aryl methyl sites for hydroxylation is 2. The smallest absolute Gasteiger partial charge is 0.348 e. The van der Waals surface area contributed by atoms with E-state index in [1.807, 2.05) is 0 Å². The van der Waals surface area contributed by atoms with Crippen LogP contribution in [0.1, 0.15) is 39.6 Å². The Bertz CT molecular complexity index is 1160. The first-order valence-corrected chi connectivity index (χ1v) is 9.45. The van der Waals surface area contributed by atoms with E-state index in [2.05, 4.69) is 20.5 Å². The molecule has 4 rings (SSSR count).